The molecule has 4 saturated heterocycles. The van der Waals surface area contributed by atoms with Gasteiger partial charge in [-0.15, -0.1) is 24.0 Å². The number of nitrogens with two attached hydrogens (primary N) is 1. The van der Waals surface area contributed by atoms with Gasteiger partial charge in [0.1, 0.15) is 0 Å². The van der Waals surface area contributed by atoms with Crippen LogP contribution < -0.4 is 16.4 Å². The third kappa shape index (κ3) is 5.93. The highest BCUT2D eigenvalue weighted by molar-refractivity contribution is 14.0. The Kier molecular flexibility index (Phi) is 8.17. The van der Waals surface area contributed by atoms with Crippen LogP contribution in [-0.4, -0.2) is 105 Å². The molecule has 4 aliphatic heterocycles. The number of primary amides is 1. The van der Waals surface area contributed by atoms with E-state index in [0.717, 1.165) is 45.0 Å². The van der Waals surface area contributed by atoms with Crippen molar-refractivity contribution in [3.05, 3.63) is 0 Å². The Labute approximate surface area is 167 Å². The lowest BCUT2D eigenvalue weighted by Crippen LogP contribution is -2.64. The summed E-state index contributed by atoms with van der Waals surface area (Å²) in [6.07, 6.45) is 2.02. The maximum Gasteiger partial charge on any atom is 0.231 e. The number of likely N-dealkylation sites (tertiary alicyclic amines) is 1. The fourth-order valence-corrected chi connectivity index (χ4v) is 3.98. The second-order valence-electron chi connectivity index (χ2n) is 7.10. The molecule has 1 unspecified atom stereocenters. The van der Waals surface area contributed by atoms with E-state index in [1.807, 2.05) is 7.05 Å². The van der Waals surface area contributed by atoms with Crippen LogP contribution in [0.15, 0.2) is 4.99 Å². The summed E-state index contributed by atoms with van der Waals surface area (Å²) >= 11 is 0. The van der Waals surface area contributed by atoms with Gasteiger partial charge in [-0.2, -0.15) is 0 Å². The number of halogens is 1. The number of piperazine rings is 3. The zero-order valence-corrected chi connectivity index (χ0v) is 17.4. The number of rotatable bonds is 5. The number of nitrogens with one attached hydrogen (secondary N) is 2. The number of piperidine rings is 1. The van der Waals surface area contributed by atoms with Crippen LogP contribution in [0.5, 0.6) is 0 Å². The molecule has 4 rings (SSSR count). The normalized spacial score (nSPS) is 30.6. The first-order valence-corrected chi connectivity index (χ1v) is 9.08. The van der Waals surface area contributed by atoms with Gasteiger partial charge in [0, 0.05) is 71.5 Å². The topological polar surface area (TPSA) is 89.2 Å². The Morgan fingerprint density at radius 2 is 1.84 bits per heavy atom. The second kappa shape index (κ2) is 9.89. The first kappa shape index (κ1) is 20.7. The highest BCUT2D eigenvalue weighted by Crippen LogP contribution is 2.15. The summed E-state index contributed by atoms with van der Waals surface area (Å²) in [5.41, 5.74) is 5.26. The molecular formula is C16H32IN7O. The van der Waals surface area contributed by atoms with Crippen LogP contribution >= 0.6 is 24.0 Å². The number of carbonyl (C=O) groups is 1. The molecule has 2 bridgehead atoms. The Morgan fingerprint density at radius 1 is 1.16 bits per heavy atom. The molecule has 1 atom stereocenters. The number of hydrogen-bond donors (Lipinski definition) is 3. The van der Waals surface area contributed by atoms with Crippen LogP contribution in [0.2, 0.25) is 0 Å². The molecule has 1 amide bonds. The van der Waals surface area contributed by atoms with E-state index in [2.05, 4.69) is 30.3 Å². The molecule has 8 nitrogen and oxygen atoms in total. The summed E-state index contributed by atoms with van der Waals surface area (Å²) in [4.78, 5) is 22.6. The fraction of sp³-hybridized carbons (Fsp3) is 0.875. The number of aliphatic imine (C=N–C) groups is 1. The molecule has 0 aromatic heterocycles. The van der Waals surface area contributed by atoms with Gasteiger partial charge in [-0.3, -0.25) is 24.5 Å². The summed E-state index contributed by atoms with van der Waals surface area (Å²) in [6.45, 7) is 9.10. The van der Waals surface area contributed by atoms with Gasteiger partial charge < -0.3 is 16.4 Å². The van der Waals surface area contributed by atoms with Crippen molar-refractivity contribution in [3.8, 4) is 0 Å². The van der Waals surface area contributed by atoms with E-state index in [1.54, 1.807) is 0 Å². The highest BCUT2D eigenvalue weighted by Gasteiger charge is 2.31. The standard InChI is InChI=1S/C16H31N7O.HI/c1-18-16(19-10-14-11-22-6-8-23(14)9-7-22)20-13-2-4-21(5-3-13)12-15(17)24;/h13-14H,2-12H2,1H3,(H2,17,24)(H2,18,19,20);1H. The van der Waals surface area contributed by atoms with Crippen LogP contribution in [0.4, 0.5) is 0 Å². The molecule has 9 heteroatoms. The smallest absolute Gasteiger partial charge is 0.231 e. The van der Waals surface area contributed by atoms with Gasteiger partial charge in [0.15, 0.2) is 5.96 Å². The Bertz CT molecular complexity index is 459. The molecule has 4 fully saturated rings. The van der Waals surface area contributed by atoms with Crippen LogP contribution in [-0.2, 0) is 4.79 Å². The van der Waals surface area contributed by atoms with Crippen molar-refractivity contribution in [1.29, 1.82) is 0 Å². The molecule has 0 aromatic rings. The van der Waals surface area contributed by atoms with Crippen LogP contribution in [0.1, 0.15) is 12.8 Å². The molecule has 4 aliphatic rings. The van der Waals surface area contributed by atoms with Crippen molar-refractivity contribution in [2.24, 2.45) is 10.7 Å². The quantitative estimate of drug-likeness (QED) is 0.266. The first-order chi connectivity index (χ1) is 11.6. The van der Waals surface area contributed by atoms with Gasteiger partial charge in [-0.05, 0) is 12.8 Å². The van der Waals surface area contributed by atoms with E-state index in [9.17, 15) is 4.79 Å². The van der Waals surface area contributed by atoms with Crippen molar-refractivity contribution in [2.75, 3.05) is 66.0 Å². The number of hydrogen-bond acceptors (Lipinski definition) is 5. The third-order valence-corrected chi connectivity index (χ3v) is 5.43. The number of fused-ring (bicyclic) bond motifs is 3. The zero-order valence-electron chi connectivity index (χ0n) is 15.1. The van der Waals surface area contributed by atoms with Gasteiger partial charge in [0.05, 0.1) is 6.54 Å². The van der Waals surface area contributed by atoms with Crippen LogP contribution in [0, 0.1) is 0 Å². The predicted molar refractivity (Wildman–Crippen MR) is 110 cm³/mol. The largest absolute Gasteiger partial charge is 0.369 e. The van der Waals surface area contributed by atoms with Crippen molar-refractivity contribution in [2.45, 2.75) is 24.9 Å². The predicted octanol–water partition coefficient (Wildman–Crippen LogP) is -1.28. The van der Waals surface area contributed by atoms with E-state index in [1.165, 1.54) is 26.2 Å². The second-order valence-corrected chi connectivity index (χ2v) is 7.10. The molecule has 0 spiro atoms. The van der Waals surface area contributed by atoms with Crippen LogP contribution in [0.25, 0.3) is 0 Å². The molecule has 0 aromatic carbocycles. The average Bonchev–Trinajstić information content (AvgIpc) is 2.60. The summed E-state index contributed by atoms with van der Waals surface area (Å²) in [5, 5.41) is 7.02. The Balaban J connectivity index is 0.00000225. The Morgan fingerprint density at radius 3 is 2.36 bits per heavy atom. The van der Waals surface area contributed by atoms with Crippen molar-refractivity contribution in [1.82, 2.24) is 25.3 Å². The van der Waals surface area contributed by atoms with Gasteiger partial charge >= 0.3 is 0 Å². The van der Waals surface area contributed by atoms with Crippen molar-refractivity contribution in [3.63, 3.8) is 0 Å². The number of carbonyl (C=O) groups excluding carboxylic acids is 1. The van der Waals surface area contributed by atoms with E-state index >= 15 is 0 Å². The molecule has 4 N–H and O–H groups in total. The van der Waals surface area contributed by atoms with Crippen LogP contribution in [0.3, 0.4) is 0 Å². The van der Waals surface area contributed by atoms with Crippen molar-refractivity contribution >= 4 is 35.8 Å². The van der Waals surface area contributed by atoms with Gasteiger partial charge in [0.2, 0.25) is 5.91 Å². The fourth-order valence-electron chi connectivity index (χ4n) is 3.98. The molecule has 0 radical (unpaired) electrons. The molecule has 0 saturated carbocycles. The number of amides is 1. The average molecular weight is 465 g/mol. The Hall–Kier alpha value is -0.650. The SMILES string of the molecule is CN=C(NCC1CN2CCN1CC2)NC1CCN(CC(N)=O)CC1.I. The summed E-state index contributed by atoms with van der Waals surface area (Å²) in [6, 6.07) is 0.996. The summed E-state index contributed by atoms with van der Waals surface area (Å²) in [5.74, 6) is 0.646. The first-order valence-electron chi connectivity index (χ1n) is 9.08. The minimum atomic E-state index is -0.244. The van der Waals surface area contributed by atoms with Crippen molar-refractivity contribution < 1.29 is 4.79 Å². The lowest BCUT2D eigenvalue weighted by molar-refractivity contribution is -0.119. The minimum absolute atomic E-state index is 0. The van der Waals surface area contributed by atoms with E-state index in [4.69, 9.17) is 5.73 Å². The van der Waals surface area contributed by atoms with E-state index in [-0.39, 0.29) is 29.9 Å². The van der Waals surface area contributed by atoms with Gasteiger partial charge in [-0.1, -0.05) is 0 Å². The zero-order chi connectivity index (χ0) is 16.9. The molecule has 25 heavy (non-hydrogen) atoms. The molecule has 0 aliphatic carbocycles. The van der Waals surface area contributed by atoms with E-state index < -0.39 is 0 Å². The number of guanidine groups is 1. The maximum absolute atomic E-state index is 11.0. The number of nitrogens with zero attached hydrogens (tertiary/aromatic N) is 4. The summed E-state index contributed by atoms with van der Waals surface area (Å²) < 4.78 is 0. The third-order valence-electron chi connectivity index (χ3n) is 5.43. The van der Waals surface area contributed by atoms with E-state index in [0.29, 0.717) is 18.6 Å². The van der Waals surface area contributed by atoms with Gasteiger partial charge in [-0.25, -0.2) is 0 Å². The minimum Gasteiger partial charge on any atom is -0.369 e. The lowest BCUT2D eigenvalue weighted by atomic mass is 10.1. The highest BCUT2D eigenvalue weighted by atomic mass is 127. The van der Waals surface area contributed by atoms with Gasteiger partial charge in [0.25, 0.3) is 0 Å². The molecule has 144 valence electrons. The maximum atomic E-state index is 11.0. The molecular weight excluding hydrogens is 433 g/mol. The summed E-state index contributed by atoms with van der Waals surface area (Å²) in [7, 11) is 1.83. The lowest BCUT2D eigenvalue weighted by Gasteiger charge is -2.47. The molecule has 4 heterocycles. The monoisotopic (exact) mass is 465 g/mol.